The molecule has 2 fully saturated rings. The molecule has 0 bridgehead atoms. The topological polar surface area (TPSA) is 52.7 Å². The minimum atomic E-state index is -0.484. The molecule has 0 atom stereocenters. The van der Waals surface area contributed by atoms with Crippen LogP contribution in [0, 0.1) is 0 Å². The monoisotopic (exact) mass is 287 g/mol. The zero-order chi connectivity index (χ0) is 14.9. The number of ketones is 1. The van der Waals surface area contributed by atoms with Gasteiger partial charge >= 0.3 is 0 Å². The second-order valence-electron chi connectivity index (χ2n) is 5.89. The van der Waals surface area contributed by atoms with Crippen molar-refractivity contribution >= 4 is 17.4 Å². The predicted octanol–water partition coefficient (Wildman–Crippen LogP) is 1.00. The Balaban J connectivity index is 1.96. The number of piperidine rings is 1. The predicted molar refractivity (Wildman–Crippen MR) is 81.0 cm³/mol. The molecule has 2 aliphatic heterocycles. The molecule has 2 aliphatic rings. The first-order valence-corrected chi connectivity index (χ1v) is 7.46. The summed E-state index contributed by atoms with van der Waals surface area (Å²) >= 11 is 0. The summed E-state index contributed by atoms with van der Waals surface area (Å²) in [7, 11) is 0. The molecule has 2 saturated heterocycles. The highest BCUT2D eigenvalue weighted by atomic mass is 16.2. The molecule has 0 unspecified atom stereocenters. The number of nitrogens with zero attached hydrogens (tertiary/aromatic N) is 2. The van der Waals surface area contributed by atoms with Crippen LogP contribution < -0.4 is 10.2 Å². The summed E-state index contributed by atoms with van der Waals surface area (Å²) in [5, 5.41) is 3.32. The van der Waals surface area contributed by atoms with Gasteiger partial charge in [-0.05, 0) is 45.0 Å². The van der Waals surface area contributed by atoms with Crippen LogP contribution in [0.5, 0.6) is 0 Å². The van der Waals surface area contributed by atoms with Crippen molar-refractivity contribution in [1.82, 2.24) is 10.2 Å². The van der Waals surface area contributed by atoms with E-state index < -0.39 is 5.54 Å². The Morgan fingerprint density at radius 1 is 1.24 bits per heavy atom. The van der Waals surface area contributed by atoms with Crippen molar-refractivity contribution in [2.24, 2.45) is 0 Å². The lowest BCUT2D eigenvalue weighted by atomic mass is 9.86. The van der Waals surface area contributed by atoms with E-state index in [0.717, 1.165) is 31.6 Å². The molecular formula is C16H21N3O2. The molecule has 1 aromatic rings. The molecule has 21 heavy (non-hydrogen) atoms. The Morgan fingerprint density at radius 3 is 2.52 bits per heavy atom. The number of rotatable bonds is 3. The van der Waals surface area contributed by atoms with E-state index in [4.69, 9.17) is 0 Å². The summed E-state index contributed by atoms with van der Waals surface area (Å²) in [5.41, 5.74) is 0.570. The smallest absolute Gasteiger partial charge is 0.250 e. The highest BCUT2D eigenvalue weighted by molar-refractivity contribution is 5.96. The van der Waals surface area contributed by atoms with Gasteiger partial charge in [0.15, 0.2) is 0 Å². The minimum absolute atomic E-state index is 0.0300. The number of anilines is 1. The van der Waals surface area contributed by atoms with Crippen molar-refractivity contribution in [3.8, 4) is 0 Å². The number of carbonyl (C=O) groups excluding carboxylic acids is 2. The summed E-state index contributed by atoms with van der Waals surface area (Å²) in [6, 6.07) is 10.0. The molecule has 0 aromatic heterocycles. The normalized spacial score (nSPS) is 21.1. The lowest BCUT2D eigenvalue weighted by molar-refractivity contribution is -0.135. The standard InChI is InChI=1S/C16H21N3O2/c1-13(20)11-18-12-19(14-5-3-2-4-6-14)16(15(18)21)7-9-17-10-8-16/h2-6,17H,7-12H2,1H3. The number of benzene rings is 1. The van der Waals surface area contributed by atoms with Crippen molar-refractivity contribution in [2.75, 3.05) is 31.2 Å². The maximum absolute atomic E-state index is 12.9. The van der Waals surface area contributed by atoms with Gasteiger partial charge in [-0.2, -0.15) is 0 Å². The summed E-state index contributed by atoms with van der Waals surface area (Å²) in [5.74, 6) is 0.130. The second kappa shape index (κ2) is 5.48. The molecule has 112 valence electrons. The van der Waals surface area contributed by atoms with E-state index in [0.29, 0.717) is 6.67 Å². The third kappa shape index (κ3) is 2.42. The molecule has 1 spiro atoms. The SMILES string of the molecule is CC(=O)CN1CN(c2ccccc2)C2(CCNCC2)C1=O. The van der Waals surface area contributed by atoms with Crippen LogP contribution in [0.15, 0.2) is 30.3 Å². The first-order chi connectivity index (χ1) is 10.1. The summed E-state index contributed by atoms with van der Waals surface area (Å²) in [6.45, 7) is 3.92. The van der Waals surface area contributed by atoms with Crippen molar-refractivity contribution in [2.45, 2.75) is 25.3 Å². The van der Waals surface area contributed by atoms with Gasteiger partial charge < -0.3 is 15.1 Å². The fourth-order valence-electron chi connectivity index (χ4n) is 3.43. The van der Waals surface area contributed by atoms with Crippen LogP contribution in [-0.4, -0.2) is 48.4 Å². The van der Waals surface area contributed by atoms with Gasteiger partial charge in [0.2, 0.25) is 5.91 Å². The first-order valence-electron chi connectivity index (χ1n) is 7.46. The molecule has 1 aromatic carbocycles. The number of nitrogens with one attached hydrogen (secondary N) is 1. The average Bonchev–Trinajstić information content (AvgIpc) is 2.75. The number of hydrogen-bond donors (Lipinski definition) is 1. The largest absolute Gasteiger partial charge is 0.339 e. The van der Waals surface area contributed by atoms with Crippen LogP contribution in [0.2, 0.25) is 0 Å². The molecule has 3 rings (SSSR count). The lowest BCUT2D eigenvalue weighted by Gasteiger charge is -2.40. The third-order valence-electron chi connectivity index (χ3n) is 4.43. The Bertz CT molecular complexity index is 538. The number of Topliss-reactive ketones (excluding diaryl/α,β-unsaturated/α-hetero) is 1. The van der Waals surface area contributed by atoms with Crippen LogP contribution in [0.3, 0.4) is 0 Å². The first kappa shape index (κ1) is 14.1. The highest BCUT2D eigenvalue weighted by Crippen LogP contribution is 2.37. The van der Waals surface area contributed by atoms with E-state index in [1.54, 1.807) is 4.90 Å². The van der Waals surface area contributed by atoms with Gasteiger partial charge in [0.05, 0.1) is 13.2 Å². The van der Waals surface area contributed by atoms with Gasteiger partial charge in [0.25, 0.3) is 0 Å². The maximum Gasteiger partial charge on any atom is 0.250 e. The van der Waals surface area contributed by atoms with E-state index in [2.05, 4.69) is 10.2 Å². The molecule has 1 amide bonds. The van der Waals surface area contributed by atoms with E-state index in [-0.39, 0.29) is 18.2 Å². The zero-order valence-corrected chi connectivity index (χ0v) is 12.3. The molecule has 0 radical (unpaired) electrons. The average molecular weight is 287 g/mol. The molecule has 5 nitrogen and oxygen atoms in total. The maximum atomic E-state index is 12.9. The highest BCUT2D eigenvalue weighted by Gasteiger charge is 2.52. The Kier molecular flexibility index (Phi) is 3.68. The molecule has 2 heterocycles. The van der Waals surface area contributed by atoms with Gasteiger partial charge in [-0.15, -0.1) is 0 Å². The van der Waals surface area contributed by atoms with E-state index in [9.17, 15) is 9.59 Å². The number of para-hydroxylation sites is 1. The number of hydrogen-bond acceptors (Lipinski definition) is 4. The second-order valence-corrected chi connectivity index (χ2v) is 5.89. The van der Waals surface area contributed by atoms with Crippen LogP contribution in [0.4, 0.5) is 5.69 Å². The van der Waals surface area contributed by atoms with Gasteiger partial charge in [-0.1, -0.05) is 18.2 Å². The van der Waals surface area contributed by atoms with Crippen molar-refractivity contribution < 1.29 is 9.59 Å². The quantitative estimate of drug-likeness (QED) is 0.901. The van der Waals surface area contributed by atoms with Gasteiger partial charge in [-0.25, -0.2) is 0 Å². The minimum Gasteiger partial charge on any atom is -0.339 e. The Morgan fingerprint density at radius 2 is 1.90 bits per heavy atom. The van der Waals surface area contributed by atoms with Crippen LogP contribution >= 0.6 is 0 Å². The van der Waals surface area contributed by atoms with E-state index in [1.165, 1.54) is 6.92 Å². The third-order valence-corrected chi connectivity index (χ3v) is 4.43. The molecule has 0 saturated carbocycles. The van der Waals surface area contributed by atoms with E-state index in [1.807, 2.05) is 30.3 Å². The Hall–Kier alpha value is -1.88. The summed E-state index contributed by atoms with van der Waals surface area (Å²) in [6.07, 6.45) is 1.57. The van der Waals surface area contributed by atoms with Crippen molar-refractivity contribution in [1.29, 1.82) is 0 Å². The van der Waals surface area contributed by atoms with Crippen molar-refractivity contribution in [3.63, 3.8) is 0 Å². The molecule has 5 heteroatoms. The molecular weight excluding hydrogens is 266 g/mol. The van der Waals surface area contributed by atoms with Crippen LogP contribution in [0.1, 0.15) is 19.8 Å². The van der Waals surface area contributed by atoms with E-state index >= 15 is 0 Å². The Labute approximate surface area is 124 Å². The fraction of sp³-hybridized carbons (Fsp3) is 0.500. The van der Waals surface area contributed by atoms with Crippen molar-refractivity contribution in [3.05, 3.63) is 30.3 Å². The van der Waals surface area contributed by atoms with Gasteiger partial charge in [0, 0.05) is 5.69 Å². The summed E-state index contributed by atoms with van der Waals surface area (Å²) < 4.78 is 0. The fourth-order valence-corrected chi connectivity index (χ4v) is 3.43. The summed E-state index contributed by atoms with van der Waals surface area (Å²) in [4.78, 5) is 28.2. The number of carbonyl (C=O) groups is 2. The molecule has 0 aliphatic carbocycles. The lowest BCUT2D eigenvalue weighted by Crippen LogP contribution is -2.55. The molecule has 1 N–H and O–H groups in total. The van der Waals surface area contributed by atoms with Gasteiger partial charge in [0.1, 0.15) is 11.3 Å². The number of amides is 1. The van der Waals surface area contributed by atoms with Crippen LogP contribution in [-0.2, 0) is 9.59 Å². The van der Waals surface area contributed by atoms with Crippen LogP contribution in [0.25, 0.3) is 0 Å². The zero-order valence-electron chi connectivity index (χ0n) is 12.3. The van der Waals surface area contributed by atoms with Gasteiger partial charge in [-0.3, -0.25) is 9.59 Å².